The molecule has 4 nitrogen and oxygen atoms in total. The molecule has 4 heterocycles. The first kappa shape index (κ1) is 15.6. The van der Waals surface area contributed by atoms with E-state index in [1.807, 2.05) is 22.4 Å². The van der Waals surface area contributed by atoms with Gasteiger partial charge in [-0.2, -0.15) is 0 Å². The molecule has 2 aliphatic heterocycles. The number of nitrogens with zero attached hydrogens (tertiary/aromatic N) is 2. The number of carbonyl (C=O) groups excluding carboxylic acids is 1. The van der Waals surface area contributed by atoms with Crippen molar-refractivity contribution in [3.63, 3.8) is 0 Å². The third-order valence-electron chi connectivity index (χ3n) is 4.95. The van der Waals surface area contributed by atoms with E-state index in [9.17, 15) is 4.79 Å². The quantitative estimate of drug-likeness (QED) is 0.879. The average molecular weight is 368 g/mol. The second-order valence-electron chi connectivity index (χ2n) is 6.36. The van der Waals surface area contributed by atoms with E-state index >= 15 is 0 Å². The minimum Gasteiger partial charge on any atom is -0.337 e. The summed E-state index contributed by atoms with van der Waals surface area (Å²) in [5.41, 5.74) is 0.993. The van der Waals surface area contributed by atoms with Gasteiger partial charge in [-0.25, -0.2) is 4.98 Å². The van der Waals surface area contributed by atoms with Crippen LogP contribution >= 0.6 is 34.3 Å². The zero-order valence-corrected chi connectivity index (χ0v) is 15.1. The molecule has 1 spiro atoms. The Labute approximate surface area is 148 Å². The Morgan fingerprint density at radius 2 is 2.13 bits per heavy atom. The molecular formula is C16H18ClN3OS2. The summed E-state index contributed by atoms with van der Waals surface area (Å²) >= 11 is 8.98. The number of thiazole rings is 1. The summed E-state index contributed by atoms with van der Waals surface area (Å²) in [4.78, 5) is 20.2. The van der Waals surface area contributed by atoms with Gasteiger partial charge in [-0.1, -0.05) is 11.6 Å². The molecule has 0 saturated carbocycles. The van der Waals surface area contributed by atoms with Crippen molar-refractivity contribution in [3.8, 4) is 9.88 Å². The Hall–Kier alpha value is -0.950. The highest BCUT2D eigenvalue weighted by atomic mass is 35.5. The number of piperidine rings is 1. The highest BCUT2D eigenvalue weighted by Crippen LogP contribution is 2.37. The number of thiophene rings is 1. The van der Waals surface area contributed by atoms with E-state index in [1.54, 1.807) is 0 Å². The van der Waals surface area contributed by atoms with Crippen molar-refractivity contribution < 1.29 is 4.79 Å². The van der Waals surface area contributed by atoms with Gasteiger partial charge in [0.15, 0.2) is 0 Å². The topological polar surface area (TPSA) is 45.2 Å². The Morgan fingerprint density at radius 1 is 1.30 bits per heavy atom. The second-order valence-corrected chi connectivity index (χ2v) is 8.93. The summed E-state index contributed by atoms with van der Waals surface area (Å²) in [6.45, 7) is 3.91. The molecule has 2 saturated heterocycles. The zero-order chi connectivity index (χ0) is 15.9. The van der Waals surface area contributed by atoms with E-state index in [0.29, 0.717) is 11.1 Å². The molecule has 0 atom stereocenters. The van der Waals surface area contributed by atoms with Crippen molar-refractivity contribution in [2.45, 2.75) is 19.3 Å². The number of aromatic nitrogens is 1. The van der Waals surface area contributed by atoms with Crippen LogP contribution in [-0.4, -0.2) is 42.0 Å². The van der Waals surface area contributed by atoms with Crippen LogP contribution in [0.3, 0.4) is 0 Å². The summed E-state index contributed by atoms with van der Waals surface area (Å²) in [5, 5.41) is 6.20. The molecular weight excluding hydrogens is 350 g/mol. The monoisotopic (exact) mass is 367 g/mol. The maximum Gasteiger partial charge on any atom is 0.273 e. The summed E-state index contributed by atoms with van der Waals surface area (Å²) in [6, 6.07) is 3.82. The van der Waals surface area contributed by atoms with Gasteiger partial charge in [-0.15, -0.1) is 22.7 Å². The van der Waals surface area contributed by atoms with Gasteiger partial charge in [0.05, 0.1) is 9.21 Å². The Kier molecular flexibility index (Phi) is 4.17. The number of nitrogens with one attached hydrogen (secondary N) is 1. The number of likely N-dealkylation sites (tertiary alicyclic amines) is 1. The van der Waals surface area contributed by atoms with Crippen molar-refractivity contribution in [2.75, 3.05) is 26.2 Å². The molecule has 0 aliphatic carbocycles. The van der Waals surface area contributed by atoms with Crippen LogP contribution in [0.5, 0.6) is 0 Å². The van der Waals surface area contributed by atoms with Crippen LogP contribution in [0, 0.1) is 5.41 Å². The first-order chi connectivity index (χ1) is 11.2. The number of amides is 1. The van der Waals surface area contributed by atoms with E-state index in [4.69, 9.17) is 11.6 Å². The number of carbonyl (C=O) groups is 1. The van der Waals surface area contributed by atoms with E-state index in [-0.39, 0.29) is 5.91 Å². The van der Waals surface area contributed by atoms with Crippen molar-refractivity contribution in [2.24, 2.45) is 5.41 Å². The lowest BCUT2D eigenvalue weighted by Crippen LogP contribution is -2.44. The molecule has 2 fully saturated rings. The standard InChI is InChI=1S/C16H18ClN3OS2/c17-13-2-1-12(23-13)14-19-11(9-22-14)15(21)20-7-4-16(5-8-20)3-6-18-10-16/h1-2,9,18H,3-8,10H2. The maximum absolute atomic E-state index is 12.7. The lowest BCUT2D eigenvalue weighted by atomic mass is 9.78. The normalized spacial score (nSPS) is 20.3. The van der Waals surface area contributed by atoms with Crippen LogP contribution in [0.4, 0.5) is 0 Å². The van der Waals surface area contributed by atoms with Crippen LogP contribution in [0.2, 0.25) is 4.34 Å². The SMILES string of the molecule is O=C(c1csc(-c2ccc(Cl)s2)n1)N1CCC2(CCNC2)CC1. The van der Waals surface area contributed by atoms with Gasteiger partial charge in [-0.3, -0.25) is 4.79 Å². The molecule has 0 radical (unpaired) electrons. The lowest BCUT2D eigenvalue weighted by molar-refractivity contribution is 0.0603. The Morgan fingerprint density at radius 3 is 2.78 bits per heavy atom. The van der Waals surface area contributed by atoms with Gasteiger partial charge < -0.3 is 10.2 Å². The molecule has 0 bridgehead atoms. The second kappa shape index (κ2) is 6.16. The van der Waals surface area contributed by atoms with E-state index in [0.717, 1.165) is 53.2 Å². The van der Waals surface area contributed by atoms with Crippen molar-refractivity contribution in [3.05, 3.63) is 27.5 Å². The molecule has 1 amide bonds. The van der Waals surface area contributed by atoms with Gasteiger partial charge in [-0.05, 0) is 43.4 Å². The van der Waals surface area contributed by atoms with Crippen LogP contribution in [0.15, 0.2) is 17.5 Å². The fraction of sp³-hybridized carbons (Fsp3) is 0.500. The summed E-state index contributed by atoms with van der Waals surface area (Å²) in [7, 11) is 0. The molecule has 2 aromatic rings. The number of hydrogen-bond donors (Lipinski definition) is 1. The fourth-order valence-electron chi connectivity index (χ4n) is 3.48. The van der Waals surface area contributed by atoms with Crippen LogP contribution in [-0.2, 0) is 0 Å². The van der Waals surface area contributed by atoms with Gasteiger partial charge in [0.1, 0.15) is 10.7 Å². The van der Waals surface area contributed by atoms with Crippen molar-refractivity contribution in [1.29, 1.82) is 0 Å². The smallest absolute Gasteiger partial charge is 0.273 e. The first-order valence-corrected chi connectivity index (χ1v) is 9.94. The van der Waals surface area contributed by atoms with Gasteiger partial charge >= 0.3 is 0 Å². The van der Waals surface area contributed by atoms with Crippen molar-refractivity contribution in [1.82, 2.24) is 15.2 Å². The minimum absolute atomic E-state index is 0.0657. The molecule has 122 valence electrons. The van der Waals surface area contributed by atoms with E-state index in [2.05, 4.69) is 10.3 Å². The molecule has 23 heavy (non-hydrogen) atoms. The van der Waals surface area contributed by atoms with E-state index < -0.39 is 0 Å². The largest absolute Gasteiger partial charge is 0.337 e. The lowest BCUT2D eigenvalue weighted by Gasteiger charge is -2.38. The highest BCUT2D eigenvalue weighted by molar-refractivity contribution is 7.23. The van der Waals surface area contributed by atoms with Crippen molar-refractivity contribution >= 4 is 40.2 Å². The molecule has 0 unspecified atom stereocenters. The summed E-state index contributed by atoms with van der Waals surface area (Å²) in [5.74, 6) is 0.0657. The summed E-state index contributed by atoms with van der Waals surface area (Å²) in [6.07, 6.45) is 3.45. The number of rotatable bonds is 2. The van der Waals surface area contributed by atoms with Crippen LogP contribution in [0.1, 0.15) is 29.8 Å². The number of halogens is 1. The molecule has 1 N–H and O–H groups in total. The predicted molar refractivity (Wildman–Crippen MR) is 95.5 cm³/mol. The number of hydrogen-bond acceptors (Lipinski definition) is 5. The third kappa shape index (κ3) is 3.05. The van der Waals surface area contributed by atoms with E-state index in [1.165, 1.54) is 29.1 Å². The molecule has 0 aromatic carbocycles. The minimum atomic E-state index is 0.0657. The van der Waals surface area contributed by atoms with Gasteiger partial charge in [0, 0.05) is 25.0 Å². The Bertz CT molecular complexity index is 710. The summed E-state index contributed by atoms with van der Waals surface area (Å²) < 4.78 is 0.745. The molecule has 2 aliphatic rings. The zero-order valence-electron chi connectivity index (χ0n) is 12.7. The first-order valence-electron chi connectivity index (χ1n) is 7.87. The van der Waals surface area contributed by atoms with Gasteiger partial charge in [0.25, 0.3) is 5.91 Å². The Balaban J connectivity index is 1.44. The predicted octanol–water partition coefficient (Wildman–Crippen LogP) is 3.74. The third-order valence-corrected chi connectivity index (χ3v) is 7.19. The maximum atomic E-state index is 12.7. The molecule has 7 heteroatoms. The van der Waals surface area contributed by atoms with Crippen LogP contribution < -0.4 is 5.32 Å². The molecule has 2 aromatic heterocycles. The van der Waals surface area contributed by atoms with Crippen LogP contribution in [0.25, 0.3) is 9.88 Å². The highest BCUT2D eigenvalue weighted by Gasteiger charge is 2.38. The molecule has 4 rings (SSSR count). The fourth-order valence-corrected chi connectivity index (χ4v) is 5.39. The van der Waals surface area contributed by atoms with Gasteiger partial charge in [0.2, 0.25) is 0 Å². The average Bonchev–Trinajstić information content (AvgIpc) is 3.28.